The molecule has 0 spiro atoms. The van der Waals surface area contributed by atoms with Gasteiger partial charge < -0.3 is 4.90 Å². The number of aromatic nitrogens is 2. The van der Waals surface area contributed by atoms with Gasteiger partial charge in [0, 0.05) is 39.7 Å². The quantitative estimate of drug-likeness (QED) is 0.227. The maximum absolute atomic E-state index is 10.9. The van der Waals surface area contributed by atoms with Crippen molar-refractivity contribution in [3.8, 4) is 0 Å². The molecule has 1 fully saturated rings. The van der Waals surface area contributed by atoms with Crippen LogP contribution in [0.4, 0.5) is 5.82 Å². The monoisotopic (exact) mass is 509 g/mol. The molecule has 1 aromatic heterocycles. The molecule has 0 N–H and O–H groups in total. The number of hydrogen-bond acceptors (Lipinski definition) is 6. The van der Waals surface area contributed by atoms with Crippen LogP contribution in [0.15, 0.2) is 41.6 Å². The number of ketones is 1. The van der Waals surface area contributed by atoms with Crippen molar-refractivity contribution in [2.75, 3.05) is 26.0 Å². The van der Waals surface area contributed by atoms with Crippen LogP contribution in [0.5, 0.6) is 0 Å². The molecule has 1 aliphatic rings. The minimum atomic E-state index is -0.0615. The number of aryl methyl sites for hydroxylation is 1. The van der Waals surface area contributed by atoms with Crippen molar-refractivity contribution >= 4 is 28.7 Å². The summed E-state index contributed by atoms with van der Waals surface area (Å²) in [6, 6.07) is 8.06. The summed E-state index contributed by atoms with van der Waals surface area (Å²) in [5, 5.41) is 6.70. The lowest BCUT2D eigenvalue weighted by molar-refractivity contribution is -0.114. The second-order valence-corrected chi connectivity index (χ2v) is 11.6. The molecule has 1 aliphatic carbocycles. The van der Waals surface area contributed by atoms with E-state index >= 15 is 0 Å². The lowest BCUT2D eigenvalue weighted by Gasteiger charge is -2.25. The lowest BCUT2D eigenvalue weighted by atomic mass is 9.81. The van der Waals surface area contributed by atoms with Gasteiger partial charge in [0.2, 0.25) is 0 Å². The van der Waals surface area contributed by atoms with E-state index in [1.807, 2.05) is 71.0 Å². The van der Waals surface area contributed by atoms with Gasteiger partial charge in [0.1, 0.15) is 11.6 Å². The first-order chi connectivity index (χ1) is 17.2. The number of rotatable bonds is 6. The number of carbonyl (C=O) groups is 1. The van der Waals surface area contributed by atoms with Gasteiger partial charge in [0.05, 0.1) is 11.2 Å². The molecule has 0 aliphatic heterocycles. The number of fused-ring (bicyclic) bond motifs is 1. The second kappa shape index (κ2) is 15.5. The van der Waals surface area contributed by atoms with Crippen LogP contribution in [0, 0.1) is 24.2 Å². The minimum absolute atomic E-state index is 0.0192. The Bertz CT molecular complexity index is 1010. The van der Waals surface area contributed by atoms with Crippen LogP contribution in [0.2, 0.25) is 0 Å². The summed E-state index contributed by atoms with van der Waals surface area (Å²) in [6.45, 7) is 17.8. The predicted octanol–water partition coefficient (Wildman–Crippen LogP) is 7.67. The molecule has 0 saturated heterocycles. The highest BCUT2D eigenvalue weighted by Gasteiger charge is 2.16. The first-order valence-corrected chi connectivity index (χ1v) is 13.6. The molecular formula is C31H51N5O. The summed E-state index contributed by atoms with van der Waals surface area (Å²) in [4.78, 5) is 21.7. The summed E-state index contributed by atoms with van der Waals surface area (Å²) in [7, 11) is 5.70. The lowest BCUT2D eigenvalue weighted by Crippen LogP contribution is -2.18. The van der Waals surface area contributed by atoms with Crippen molar-refractivity contribution in [1.82, 2.24) is 15.0 Å². The average Bonchev–Trinajstić information content (AvgIpc) is 2.83. The number of para-hydroxylation sites is 1. The highest BCUT2D eigenvalue weighted by atomic mass is 16.1. The van der Waals surface area contributed by atoms with E-state index in [1.165, 1.54) is 50.5 Å². The molecule has 1 saturated carbocycles. The number of nitrogens with zero attached hydrogens (tertiary/aromatic N) is 5. The Morgan fingerprint density at radius 2 is 1.70 bits per heavy atom. The van der Waals surface area contributed by atoms with E-state index in [-0.39, 0.29) is 11.2 Å². The zero-order valence-electron chi connectivity index (χ0n) is 25.1. The number of hydrogen-bond donors (Lipinski definition) is 0. The standard InChI is InChI=1S/C11H13N3.C10H18N2O.C10H20/c1-8-12-10-7-5-4-6-9(10)11(13-8)14(2)3;1-8(9(2)13)12(6)11-7-10(3,4)5;1-3-4-10-7-5-9(2)6-8-10/h4-7H,1-3H3;7H,1H2,2-6H3;9-10H,3-8H2,1-2H3/b;11-7+;. The molecular weight excluding hydrogens is 458 g/mol. The normalized spacial score (nSPS) is 17.4. The maximum atomic E-state index is 10.9. The van der Waals surface area contributed by atoms with Crippen LogP contribution < -0.4 is 4.90 Å². The fourth-order valence-corrected chi connectivity index (χ4v) is 4.10. The Labute approximate surface area is 226 Å². The first-order valence-electron chi connectivity index (χ1n) is 13.6. The van der Waals surface area contributed by atoms with Gasteiger partial charge in [0.25, 0.3) is 0 Å². The Hall–Kier alpha value is -2.76. The summed E-state index contributed by atoms with van der Waals surface area (Å²) >= 11 is 0. The van der Waals surface area contributed by atoms with Crippen LogP contribution in [-0.4, -0.2) is 48.1 Å². The van der Waals surface area contributed by atoms with Crippen molar-refractivity contribution in [3.05, 3.63) is 42.4 Å². The number of benzene rings is 1. The van der Waals surface area contributed by atoms with Crippen molar-refractivity contribution in [3.63, 3.8) is 0 Å². The summed E-state index contributed by atoms with van der Waals surface area (Å²) in [5.74, 6) is 3.84. The molecule has 0 bridgehead atoms. The maximum Gasteiger partial charge on any atom is 0.177 e. The van der Waals surface area contributed by atoms with Gasteiger partial charge in [-0.2, -0.15) is 5.10 Å². The van der Waals surface area contributed by atoms with Crippen LogP contribution in [0.25, 0.3) is 10.9 Å². The molecule has 37 heavy (non-hydrogen) atoms. The highest BCUT2D eigenvalue weighted by molar-refractivity contribution is 5.92. The van der Waals surface area contributed by atoms with Gasteiger partial charge in [-0.25, -0.2) is 9.97 Å². The fourth-order valence-electron chi connectivity index (χ4n) is 4.10. The van der Waals surface area contributed by atoms with Crippen molar-refractivity contribution in [2.24, 2.45) is 22.4 Å². The van der Waals surface area contributed by atoms with E-state index in [0.717, 1.165) is 34.4 Å². The van der Waals surface area contributed by atoms with E-state index in [1.54, 1.807) is 13.3 Å². The van der Waals surface area contributed by atoms with Gasteiger partial charge in [-0.1, -0.05) is 91.9 Å². The van der Waals surface area contributed by atoms with E-state index in [9.17, 15) is 4.79 Å². The number of carbonyl (C=O) groups excluding carboxylic acids is 1. The number of Topliss-reactive ketones (excluding diaryl/α,β-unsaturated/α-hetero) is 1. The van der Waals surface area contributed by atoms with Crippen molar-refractivity contribution < 1.29 is 4.79 Å². The molecule has 1 aromatic carbocycles. The molecule has 1 heterocycles. The number of likely N-dealkylation sites (N-methyl/N-ethyl adjacent to an activating group) is 1. The summed E-state index contributed by atoms with van der Waals surface area (Å²) in [5.41, 5.74) is 1.43. The number of allylic oxidation sites excluding steroid dienone is 1. The molecule has 0 atom stereocenters. The van der Waals surface area contributed by atoms with Crippen molar-refractivity contribution in [2.45, 2.75) is 87.0 Å². The largest absolute Gasteiger partial charge is 0.362 e. The Morgan fingerprint density at radius 1 is 1.11 bits per heavy atom. The van der Waals surface area contributed by atoms with E-state index < -0.39 is 0 Å². The summed E-state index contributed by atoms with van der Waals surface area (Å²) in [6.07, 6.45) is 10.7. The third-order valence-corrected chi connectivity index (χ3v) is 6.37. The zero-order chi connectivity index (χ0) is 28.2. The highest BCUT2D eigenvalue weighted by Crippen LogP contribution is 2.30. The number of hydrazone groups is 1. The first kappa shape index (κ1) is 32.3. The van der Waals surface area contributed by atoms with Gasteiger partial charge in [-0.3, -0.25) is 9.80 Å². The Balaban J connectivity index is 0.000000282. The zero-order valence-corrected chi connectivity index (χ0v) is 25.1. The van der Waals surface area contributed by atoms with Gasteiger partial charge >= 0.3 is 0 Å². The van der Waals surface area contributed by atoms with E-state index in [4.69, 9.17) is 0 Å². The second-order valence-electron chi connectivity index (χ2n) is 11.6. The van der Waals surface area contributed by atoms with Crippen LogP contribution in [0.1, 0.15) is 85.9 Å². The van der Waals surface area contributed by atoms with Gasteiger partial charge in [-0.05, 0) is 36.3 Å². The Morgan fingerprint density at radius 3 is 2.22 bits per heavy atom. The number of anilines is 1. The molecule has 0 unspecified atom stereocenters. The molecule has 0 radical (unpaired) electrons. The SMILES string of the molecule is C=C(C(C)=O)N(C)/N=C/C(C)(C)C.CCCC1CCC(C)CC1.Cc1nc(N(C)C)c2ccccc2n1. The average molecular weight is 510 g/mol. The van der Waals surface area contributed by atoms with E-state index in [0.29, 0.717) is 5.70 Å². The molecule has 3 rings (SSSR count). The molecule has 2 aromatic rings. The van der Waals surface area contributed by atoms with Crippen molar-refractivity contribution in [1.29, 1.82) is 0 Å². The molecule has 6 nitrogen and oxygen atoms in total. The van der Waals surface area contributed by atoms with Crippen LogP contribution in [-0.2, 0) is 4.79 Å². The van der Waals surface area contributed by atoms with Gasteiger partial charge in [0.15, 0.2) is 5.78 Å². The fraction of sp³-hybridized carbons (Fsp3) is 0.613. The van der Waals surface area contributed by atoms with E-state index in [2.05, 4.69) is 35.5 Å². The van der Waals surface area contributed by atoms with Gasteiger partial charge in [-0.15, -0.1) is 0 Å². The Kier molecular flexibility index (Phi) is 13.5. The molecule has 206 valence electrons. The third kappa shape index (κ3) is 12.4. The third-order valence-electron chi connectivity index (χ3n) is 6.37. The molecule has 0 amide bonds. The smallest absolute Gasteiger partial charge is 0.177 e. The minimum Gasteiger partial charge on any atom is -0.362 e. The van der Waals surface area contributed by atoms with Crippen LogP contribution in [0.3, 0.4) is 0 Å². The predicted molar refractivity (Wildman–Crippen MR) is 160 cm³/mol. The van der Waals surface area contributed by atoms with Crippen LogP contribution >= 0.6 is 0 Å². The molecule has 6 heteroatoms. The topological polar surface area (TPSA) is 61.7 Å². The summed E-state index contributed by atoms with van der Waals surface area (Å²) < 4.78 is 0.